The van der Waals surface area contributed by atoms with Crippen LogP contribution in [0.4, 0.5) is 5.82 Å². The predicted molar refractivity (Wildman–Crippen MR) is 91.7 cm³/mol. The molecule has 2 heterocycles. The highest BCUT2D eigenvalue weighted by molar-refractivity contribution is 5.47. The Labute approximate surface area is 143 Å². The highest BCUT2D eigenvalue weighted by Crippen LogP contribution is 2.27. The van der Waals surface area contributed by atoms with E-state index in [2.05, 4.69) is 52.2 Å². The lowest BCUT2D eigenvalue weighted by atomic mass is 9.86. The monoisotopic (exact) mass is 334 g/mol. The van der Waals surface area contributed by atoms with E-state index in [0.717, 1.165) is 39.0 Å². The maximum atomic E-state index is 9.09. The topological polar surface area (TPSA) is 105 Å². The lowest BCUT2D eigenvalue weighted by Gasteiger charge is -2.46. The van der Waals surface area contributed by atoms with Crippen molar-refractivity contribution in [3.05, 3.63) is 18.1 Å². The van der Waals surface area contributed by atoms with Gasteiger partial charge in [-0.2, -0.15) is 5.26 Å². The summed E-state index contributed by atoms with van der Waals surface area (Å²) in [5.74, 6) is 0.583. The molecule has 1 fully saturated rings. The van der Waals surface area contributed by atoms with Gasteiger partial charge in [0, 0.05) is 24.5 Å². The number of nitrogens with zero attached hydrogens (tertiary/aromatic N) is 5. The second kappa shape index (κ2) is 9.80. The number of hydrogen-bond acceptors (Lipinski definition) is 7. The molecule has 1 aromatic heterocycles. The van der Waals surface area contributed by atoms with E-state index in [9.17, 15) is 0 Å². The minimum absolute atomic E-state index is 0.107. The number of aromatic nitrogens is 2. The quantitative estimate of drug-likeness (QED) is 0.765. The summed E-state index contributed by atoms with van der Waals surface area (Å²) in [6, 6.07) is 2.08. The summed E-state index contributed by atoms with van der Waals surface area (Å²) in [6.07, 6.45) is 5.39. The Morgan fingerprint density at radius 2 is 2.00 bits per heavy atom. The standard InChI is InChI=1S/C15H24N6.CH2O2/c1-4-21-9-5-15(6-10-21,20(2)3)12-19-14-13(11-16)17-7-8-18-14;2-1-3/h7-8H,4-6,9-10,12H2,1-3H3,(H,18,19);1H,(H,2,3). The van der Waals surface area contributed by atoms with E-state index in [1.165, 1.54) is 0 Å². The molecule has 1 aromatic rings. The fourth-order valence-corrected chi connectivity index (χ4v) is 2.87. The molecule has 1 aliphatic rings. The third-order valence-corrected chi connectivity index (χ3v) is 4.57. The molecule has 0 aromatic carbocycles. The molecule has 0 radical (unpaired) electrons. The summed E-state index contributed by atoms with van der Waals surface area (Å²) in [7, 11) is 4.26. The SMILES string of the molecule is CCN1CCC(CNc2nccnc2C#N)(N(C)C)CC1.O=CO. The molecule has 2 rings (SSSR count). The third-order valence-electron chi connectivity index (χ3n) is 4.57. The number of rotatable bonds is 5. The van der Waals surface area contributed by atoms with Crippen LogP contribution in [0.2, 0.25) is 0 Å². The molecule has 1 saturated heterocycles. The van der Waals surface area contributed by atoms with E-state index in [1.54, 1.807) is 12.4 Å². The maximum absolute atomic E-state index is 9.09. The smallest absolute Gasteiger partial charge is 0.290 e. The van der Waals surface area contributed by atoms with Gasteiger partial charge in [-0.15, -0.1) is 0 Å². The number of hydrogen-bond donors (Lipinski definition) is 2. The number of likely N-dealkylation sites (tertiary alicyclic amines) is 1. The highest BCUT2D eigenvalue weighted by atomic mass is 16.3. The zero-order valence-corrected chi connectivity index (χ0v) is 14.6. The summed E-state index contributed by atoms with van der Waals surface area (Å²) >= 11 is 0. The molecule has 24 heavy (non-hydrogen) atoms. The van der Waals surface area contributed by atoms with Crippen LogP contribution in [0.3, 0.4) is 0 Å². The Morgan fingerprint density at radius 1 is 1.42 bits per heavy atom. The Hall–Kier alpha value is -2.24. The molecule has 0 spiro atoms. The third kappa shape index (κ3) is 5.15. The Morgan fingerprint density at radius 3 is 2.50 bits per heavy atom. The molecule has 2 N–H and O–H groups in total. The van der Waals surface area contributed by atoms with Gasteiger partial charge in [-0.25, -0.2) is 9.97 Å². The second-order valence-electron chi connectivity index (χ2n) is 5.88. The molecule has 0 bridgehead atoms. The molecule has 0 amide bonds. The van der Waals surface area contributed by atoms with Crippen molar-refractivity contribution in [3.63, 3.8) is 0 Å². The summed E-state index contributed by atoms with van der Waals surface area (Å²) < 4.78 is 0. The lowest BCUT2D eigenvalue weighted by molar-refractivity contribution is -0.122. The Bertz CT molecular complexity index is 550. The number of anilines is 1. The van der Waals surface area contributed by atoms with E-state index < -0.39 is 0 Å². The molecular formula is C16H26N6O2. The van der Waals surface area contributed by atoms with Gasteiger partial charge in [0.15, 0.2) is 11.5 Å². The van der Waals surface area contributed by atoms with Crippen LogP contribution in [0.15, 0.2) is 12.4 Å². The molecule has 0 saturated carbocycles. The van der Waals surface area contributed by atoms with Gasteiger partial charge < -0.3 is 20.2 Å². The van der Waals surface area contributed by atoms with Crippen LogP contribution in [-0.4, -0.2) is 77.2 Å². The first-order chi connectivity index (χ1) is 11.5. The molecule has 8 nitrogen and oxygen atoms in total. The number of piperidine rings is 1. The van der Waals surface area contributed by atoms with Crippen molar-refractivity contribution in [2.45, 2.75) is 25.3 Å². The normalized spacial score (nSPS) is 16.6. The first-order valence-electron chi connectivity index (χ1n) is 7.95. The molecule has 0 aliphatic carbocycles. The van der Waals surface area contributed by atoms with Crippen molar-refractivity contribution in [1.82, 2.24) is 19.8 Å². The Balaban J connectivity index is 0.000000891. The van der Waals surface area contributed by atoms with E-state index in [0.29, 0.717) is 11.5 Å². The van der Waals surface area contributed by atoms with Crippen LogP contribution >= 0.6 is 0 Å². The molecule has 1 aliphatic heterocycles. The van der Waals surface area contributed by atoms with Gasteiger partial charge >= 0.3 is 0 Å². The zero-order valence-electron chi connectivity index (χ0n) is 14.6. The van der Waals surface area contributed by atoms with Crippen molar-refractivity contribution in [2.75, 3.05) is 45.6 Å². The summed E-state index contributed by atoms with van der Waals surface area (Å²) in [6.45, 7) is 6.08. The van der Waals surface area contributed by atoms with Crippen molar-refractivity contribution in [3.8, 4) is 6.07 Å². The van der Waals surface area contributed by atoms with Crippen LogP contribution in [0.25, 0.3) is 0 Å². The van der Waals surface area contributed by atoms with Crippen LogP contribution in [0.5, 0.6) is 0 Å². The fourth-order valence-electron chi connectivity index (χ4n) is 2.87. The van der Waals surface area contributed by atoms with Gasteiger partial charge in [0.25, 0.3) is 6.47 Å². The second-order valence-corrected chi connectivity index (χ2v) is 5.88. The molecule has 132 valence electrons. The number of nitriles is 1. The van der Waals surface area contributed by atoms with Crippen LogP contribution in [-0.2, 0) is 4.79 Å². The predicted octanol–water partition coefficient (Wildman–Crippen LogP) is 0.877. The van der Waals surface area contributed by atoms with Gasteiger partial charge in [-0.1, -0.05) is 6.92 Å². The number of carboxylic acid groups (broad SMARTS) is 1. The lowest BCUT2D eigenvalue weighted by Crippen LogP contribution is -2.56. The maximum Gasteiger partial charge on any atom is 0.290 e. The number of nitrogens with one attached hydrogen (secondary N) is 1. The van der Waals surface area contributed by atoms with E-state index in [4.69, 9.17) is 15.2 Å². The Kier molecular flexibility index (Phi) is 8.09. The molecule has 8 heteroatoms. The van der Waals surface area contributed by atoms with Crippen LogP contribution in [0, 0.1) is 11.3 Å². The summed E-state index contributed by atoms with van der Waals surface area (Å²) in [5, 5.41) is 19.3. The van der Waals surface area contributed by atoms with Crippen LogP contribution < -0.4 is 5.32 Å². The summed E-state index contributed by atoms with van der Waals surface area (Å²) in [5.41, 5.74) is 0.466. The van der Waals surface area contributed by atoms with E-state index in [1.807, 2.05) is 0 Å². The van der Waals surface area contributed by atoms with Gasteiger partial charge in [0.2, 0.25) is 0 Å². The average Bonchev–Trinajstić information content (AvgIpc) is 2.61. The molecular weight excluding hydrogens is 308 g/mol. The van der Waals surface area contributed by atoms with Crippen LogP contribution in [0.1, 0.15) is 25.5 Å². The highest BCUT2D eigenvalue weighted by Gasteiger charge is 2.36. The minimum Gasteiger partial charge on any atom is -0.483 e. The average molecular weight is 334 g/mol. The number of likely N-dealkylation sites (N-methyl/N-ethyl adjacent to an activating group) is 1. The number of carbonyl (C=O) groups is 1. The van der Waals surface area contributed by atoms with Crippen molar-refractivity contribution < 1.29 is 9.90 Å². The first-order valence-corrected chi connectivity index (χ1v) is 7.95. The van der Waals surface area contributed by atoms with Gasteiger partial charge in [-0.3, -0.25) is 4.79 Å². The van der Waals surface area contributed by atoms with Gasteiger partial charge in [-0.05, 0) is 46.6 Å². The molecule has 0 atom stereocenters. The van der Waals surface area contributed by atoms with Crippen molar-refractivity contribution in [1.29, 1.82) is 5.26 Å². The van der Waals surface area contributed by atoms with Crippen molar-refractivity contribution in [2.24, 2.45) is 0 Å². The van der Waals surface area contributed by atoms with Gasteiger partial charge in [0.05, 0.1) is 0 Å². The van der Waals surface area contributed by atoms with Gasteiger partial charge in [0.1, 0.15) is 6.07 Å². The summed E-state index contributed by atoms with van der Waals surface area (Å²) in [4.78, 5) is 21.4. The van der Waals surface area contributed by atoms with E-state index >= 15 is 0 Å². The largest absolute Gasteiger partial charge is 0.483 e. The molecule has 0 unspecified atom stereocenters. The zero-order chi connectivity index (χ0) is 18.0. The first kappa shape index (κ1) is 19.8. The fraction of sp³-hybridized carbons (Fsp3) is 0.625. The minimum atomic E-state index is -0.250. The van der Waals surface area contributed by atoms with E-state index in [-0.39, 0.29) is 12.0 Å². The van der Waals surface area contributed by atoms with Crippen molar-refractivity contribution >= 4 is 12.3 Å².